The molecule has 2 aromatic heterocycles. The molecule has 2 fully saturated rings. The summed E-state index contributed by atoms with van der Waals surface area (Å²) in [6.07, 6.45) is 7.51. The molecular weight excluding hydrogens is 472 g/mol. The first-order valence-electron chi connectivity index (χ1n) is 13.2. The Morgan fingerprint density at radius 1 is 1.08 bits per heavy atom. The summed E-state index contributed by atoms with van der Waals surface area (Å²) in [4.78, 5) is 35.6. The molecule has 1 atom stereocenters. The SMILES string of the molecule is COC(=O)N1c2ccc3c(nc(C4(Oc5ccccn5)CC4)n3C3CCC(C(=O)O)CC3)c2CCC1C. The number of methoxy groups -OCH3 is 1. The van der Waals surface area contributed by atoms with Crippen LogP contribution >= 0.6 is 0 Å². The van der Waals surface area contributed by atoms with Crippen LogP contribution < -0.4 is 9.64 Å². The van der Waals surface area contributed by atoms with Gasteiger partial charge in [-0.15, -0.1) is 0 Å². The highest BCUT2D eigenvalue weighted by molar-refractivity contribution is 5.95. The molecule has 37 heavy (non-hydrogen) atoms. The van der Waals surface area contributed by atoms with E-state index in [2.05, 4.69) is 15.6 Å². The third-order valence-electron chi connectivity index (χ3n) is 8.29. The Morgan fingerprint density at radius 2 is 1.86 bits per heavy atom. The number of aliphatic carboxylic acids is 1. The van der Waals surface area contributed by atoms with Crippen molar-refractivity contribution < 1.29 is 24.2 Å². The zero-order valence-electron chi connectivity index (χ0n) is 21.2. The second-order valence-electron chi connectivity index (χ2n) is 10.6. The van der Waals surface area contributed by atoms with Gasteiger partial charge >= 0.3 is 12.1 Å². The summed E-state index contributed by atoms with van der Waals surface area (Å²) < 4.78 is 13.9. The first-order chi connectivity index (χ1) is 17.9. The Morgan fingerprint density at radius 3 is 2.51 bits per heavy atom. The van der Waals surface area contributed by atoms with Crippen LogP contribution in [0.25, 0.3) is 11.0 Å². The van der Waals surface area contributed by atoms with Crippen LogP contribution in [-0.4, -0.2) is 44.9 Å². The summed E-state index contributed by atoms with van der Waals surface area (Å²) in [7, 11) is 1.41. The van der Waals surface area contributed by atoms with Gasteiger partial charge < -0.3 is 19.1 Å². The molecule has 1 aromatic carbocycles. The number of fused-ring (bicyclic) bond motifs is 3. The van der Waals surface area contributed by atoms with Gasteiger partial charge in [0.15, 0.2) is 11.4 Å². The van der Waals surface area contributed by atoms with Crippen molar-refractivity contribution in [1.29, 1.82) is 0 Å². The molecule has 3 heterocycles. The highest BCUT2D eigenvalue weighted by Crippen LogP contribution is 2.52. The van der Waals surface area contributed by atoms with Gasteiger partial charge in [0.25, 0.3) is 0 Å². The number of carbonyl (C=O) groups excluding carboxylic acids is 1. The fraction of sp³-hybridized carbons (Fsp3) is 0.500. The van der Waals surface area contributed by atoms with Gasteiger partial charge in [-0.25, -0.2) is 14.8 Å². The summed E-state index contributed by atoms with van der Waals surface area (Å²) >= 11 is 0. The third-order valence-corrected chi connectivity index (χ3v) is 8.29. The number of carboxylic acid groups (broad SMARTS) is 1. The topological polar surface area (TPSA) is 107 Å². The monoisotopic (exact) mass is 504 g/mol. The maximum Gasteiger partial charge on any atom is 0.414 e. The van der Waals surface area contributed by atoms with Gasteiger partial charge in [-0.1, -0.05) is 6.07 Å². The lowest BCUT2D eigenvalue weighted by Crippen LogP contribution is -2.42. The predicted molar refractivity (Wildman–Crippen MR) is 137 cm³/mol. The number of aryl methyl sites for hydroxylation is 1. The van der Waals surface area contributed by atoms with Gasteiger partial charge in [0.1, 0.15) is 0 Å². The molecule has 6 rings (SSSR count). The molecule has 3 aromatic rings. The molecule has 3 aliphatic rings. The molecule has 1 N–H and O–H groups in total. The number of benzene rings is 1. The molecule has 2 saturated carbocycles. The van der Waals surface area contributed by atoms with E-state index in [1.165, 1.54) is 7.11 Å². The van der Waals surface area contributed by atoms with Crippen LogP contribution in [0.5, 0.6) is 5.88 Å². The normalized spacial score (nSPS) is 24.4. The van der Waals surface area contributed by atoms with Crippen molar-refractivity contribution in [2.75, 3.05) is 12.0 Å². The summed E-state index contributed by atoms with van der Waals surface area (Å²) in [6, 6.07) is 9.87. The fourth-order valence-corrected chi connectivity index (χ4v) is 6.14. The van der Waals surface area contributed by atoms with Crippen molar-refractivity contribution >= 4 is 28.8 Å². The third kappa shape index (κ3) is 4.01. The van der Waals surface area contributed by atoms with E-state index in [1.54, 1.807) is 11.1 Å². The standard InChI is InChI=1S/C28H32N4O5/c1-17-6-11-20-21(31(17)27(35)36-2)12-13-22-24(20)30-26(28(14-15-28)37-23-5-3-4-16-29-23)32(22)19-9-7-18(8-10-19)25(33)34/h3-5,12-13,16-19H,6-11,14-15H2,1-2H3,(H,33,34). The molecule has 194 valence electrons. The predicted octanol–water partition coefficient (Wildman–Crippen LogP) is 5.22. The van der Waals surface area contributed by atoms with Gasteiger partial charge in [0, 0.05) is 29.9 Å². The first-order valence-corrected chi connectivity index (χ1v) is 13.2. The Bertz CT molecular complexity index is 1340. The number of carbonyl (C=O) groups is 2. The second kappa shape index (κ2) is 9.04. The van der Waals surface area contributed by atoms with Crippen molar-refractivity contribution in [1.82, 2.24) is 14.5 Å². The summed E-state index contributed by atoms with van der Waals surface area (Å²) in [5.41, 5.74) is 3.24. The molecular formula is C28H32N4O5. The molecule has 9 heteroatoms. The summed E-state index contributed by atoms with van der Waals surface area (Å²) in [5, 5.41) is 9.54. The van der Waals surface area contributed by atoms with Crippen molar-refractivity contribution in [3.63, 3.8) is 0 Å². The average molecular weight is 505 g/mol. The van der Waals surface area contributed by atoms with Gasteiger partial charge in [0.2, 0.25) is 5.88 Å². The Kier molecular flexibility index (Phi) is 5.81. The van der Waals surface area contributed by atoms with Crippen LogP contribution in [-0.2, 0) is 21.6 Å². The van der Waals surface area contributed by atoms with Crippen LogP contribution in [0.1, 0.15) is 69.3 Å². The number of ether oxygens (including phenoxy) is 2. The van der Waals surface area contributed by atoms with Gasteiger partial charge in [0.05, 0.1) is 29.7 Å². The van der Waals surface area contributed by atoms with Gasteiger partial charge in [-0.2, -0.15) is 0 Å². The van der Waals surface area contributed by atoms with Crippen LogP contribution in [0.3, 0.4) is 0 Å². The number of anilines is 1. The minimum absolute atomic E-state index is 0.0347. The maximum atomic E-state index is 12.7. The molecule has 0 spiro atoms. The molecule has 1 aliphatic heterocycles. The molecule has 0 saturated heterocycles. The summed E-state index contributed by atoms with van der Waals surface area (Å²) in [5.74, 6) is 0.443. The Labute approximate surface area is 215 Å². The molecule has 9 nitrogen and oxygen atoms in total. The van der Waals surface area contributed by atoms with Crippen LogP contribution in [0.4, 0.5) is 10.5 Å². The van der Waals surface area contributed by atoms with E-state index in [0.29, 0.717) is 18.7 Å². The number of imidazole rings is 1. The zero-order valence-corrected chi connectivity index (χ0v) is 21.2. The zero-order chi connectivity index (χ0) is 25.7. The van der Waals surface area contributed by atoms with Crippen molar-refractivity contribution in [2.45, 2.75) is 76.0 Å². The molecule has 0 radical (unpaired) electrons. The number of rotatable bonds is 5. The quantitative estimate of drug-likeness (QED) is 0.507. The molecule has 1 amide bonds. The lowest BCUT2D eigenvalue weighted by molar-refractivity contribution is -0.143. The van der Waals surface area contributed by atoms with E-state index in [-0.39, 0.29) is 24.1 Å². The molecule has 1 unspecified atom stereocenters. The highest BCUT2D eigenvalue weighted by atomic mass is 16.5. The number of amides is 1. The van der Waals surface area contributed by atoms with E-state index in [0.717, 1.165) is 66.6 Å². The summed E-state index contributed by atoms with van der Waals surface area (Å²) in [6.45, 7) is 2.04. The smallest absolute Gasteiger partial charge is 0.414 e. The van der Waals surface area contributed by atoms with Crippen molar-refractivity contribution in [2.24, 2.45) is 5.92 Å². The van der Waals surface area contributed by atoms with E-state index >= 15 is 0 Å². The Hall–Kier alpha value is -3.62. The van der Waals surface area contributed by atoms with E-state index in [9.17, 15) is 14.7 Å². The van der Waals surface area contributed by atoms with E-state index < -0.39 is 11.6 Å². The van der Waals surface area contributed by atoms with Crippen LogP contribution in [0, 0.1) is 5.92 Å². The number of hydrogen-bond acceptors (Lipinski definition) is 6. The first kappa shape index (κ1) is 23.8. The van der Waals surface area contributed by atoms with Crippen molar-refractivity contribution in [3.8, 4) is 5.88 Å². The van der Waals surface area contributed by atoms with Gasteiger partial charge in [-0.3, -0.25) is 9.69 Å². The van der Waals surface area contributed by atoms with E-state index in [4.69, 9.17) is 14.5 Å². The van der Waals surface area contributed by atoms with Crippen molar-refractivity contribution in [3.05, 3.63) is 47.9 Å². The molecule has 2 aliphatic carbocycles. The number of hydrogen-bond donors (Lipinski definition) is 1. The number of pyridine rings is 1. The Balaban J connectivity index is 1.48. The number of nitrogens with zero attached hydrogens (tertiary/aromatic N) is 4. The van der Waals surface area contributed by atoms with Crippen LogP contribution in [0.2, 0.25) is 0 Å². The minimum Gasteiger partial charge on any atom is -0.481 e. The van der Waals surface area contributed by atoms with Gasteiger partial charge in [-0.05, 0) is 76.5 Å². The van der Waals surface area contributed by atoms with E-state index in [1.807, 2.05) is 31.2 Å². The highest BCUT2D eigenvalue weighted by Gasteiger charge is 2.53. The molecule has 0 bridgehead atoms. The minimum atomic E-state index is -0.711. The lowest BCUT2D eigenvalue weighted by Gasteiger charge is -2.34. The van der Waals surface area contributed by atoms with Crippen LogP contribution in [0.15, 0.2) is 36.5 Å². The lowest BCUT2D eigenvalue weighted by atomic mass is 9.85. The second-order valence-corrected chi connectivity index (χ2v) is 10.6. The number of aromatic nitrogens is 3. The largest absolute Gasteiger partial charge is 0.481 e. The average Bonchev–Trinajstić information content (AvgIpc) is 3.58. The number of carboxylic acids is 1. The fourth-order valence-electron chi connectivity index (χ4n) is 6.14. The maximum absolute atomic E-state index is 12.7.